The zero-order valence-corrected chi connectivity index (χ0v) is 18.8. The standard InChI is InChI=1S/C23H30N4O2S/c1-16-8-12-27(13-9-16)11-5-10-24-22(28)20-15-19-21(25-26(2)23(19)30-20)17-6-4-7-18(14-17)29-3/h4,6-7,14-16H,5,8-13H2,1-3H3,(H,24,28). The zero-order chi connectivity index (χ0) is 21.1. The molecule has 0 saturated carbocycles. The Morgan fingerprint density at radius 3 is 2.87 bits per heavy atom. The Balaban J connectivity index is 1.40. The number of rotatable bonds is 7. The predicted molar refractivity (Wildman–Crippen MR) is 122 cm³/mol. The van der Waals surface area contributed by atoms with Crippen molar-refractivity contribution in [1.82, 2.24) is 20.0 Å². The Kier molecular flexibility index (Phi) is 6.39. The van der Waals surface area contributed by atoms with E-state index in [1.165, 1.54) is 37.3 Å². The SMILES string of the molecule is COc1cccc(-c2nn(C)c3sc(C(=O)NCCCN4CCC(C)CC4)cc23)c1. The summed E-state index contributed by atoms with van der Waals surface area (Å²) < 4.78 is 7.19. The Hall–Kier alpha value is -2.38. The first-order chi connectivity index (χ1) is 14.5. The smallest absolute Gasteiger partial charge is 0.261 e. The fourth-order valence-corrected chi connectivity index (χ4v) is 5.00. The van der Waals surface area contributed by atoms with E-state index in [2.05, 4.69) is 22.2 Å². The van der Waals surface area contributed by atoms with Crippen molar-refractivity contribution in [3.05, 3.63) is 35.2 Å². The first-order valence-corrected chi connectivity index (χ1v) is 11.5. The second kappa shape index (κ2) is 9.18. The summed E-state index contributed by atoms with van der Waals surface area (Å²) >= 11 is 1.49. The molecule has 0 unspecified atom stereocenters. The zero-order valence-electron chi connectivity index (χ0n) is 18.0. The van der Waals surface area contributed by atoms with Crippen molar-refractivity contribution >= 4 is 27.5 Å². The molecule has 3 heterocycles. The molecule has 1 N–H and O–H groups in total. The number of carbonyl (C=O) groups excluding carboxylic acids is 1. The molecule has 3 aromatic rings. The number of likely N-dealkylation sites (tertiary alicyclic amines) is 1. The van der Waals surface area contributed by atoms with Crippen LogP contribution in [0.2, 0.25) is 0 Å². The molecule has 1 aliphatic heterocycles. The summed E-state index contributed by atoms with van der Waals surface area (Å²) in [7, 11) is 3.58. The van der Waals surface area contributed by atoms with E-state index in [-0.39, 0.29) is 5.91 Å². The number of hydrogen-bond donors (Lipinski definition) is 1. The lowest BCUT2D eigenvalue weighted by Gasteiger charge is -2.30. The molecular weight excluding hydrogens is 396 g/mol. The maximum Gasteiger partial charge on any atom is 0.261 e. The summed E-state index contributed by atoms with van der Waals surface area (Å²) in [5, 5.41) is 8.76. The first-order valence-electron chi connectivity index (χ1n) is 10.7. The van der Waals surface area contributed by atoms with E-state index >= 15 is 0 Å². The maximum atomic E-state index is 12.7. The number of fused-ring (bicyclic) bond motifs is 1. The van der Waals surface area contributed by atoms with Crippen LogP contribution < -0.4 is 10.1 Å². The number of aryl methyl sites for hydroxylation is 1. The van der Waals surface area contributed by atoms with E-state index in [0.717, 1.165) is 51.0 Å². The number of carbonyl (C=O) groups is 1. The number of nitrogens with one attached hydrogen (secondary N) is 1. The number of piperidine rings is 1. The molecule has 30 heavy (non-hydrogen) atoms. The molecule has 1 fully saturated rings. The van der Waals surface area contributed by atoms with Crippen LogP contribution in [0, 0.1) is 5.92 Å². The molecule has 0 aliphatic carbocycles. The lowest BCUT2D eigenvalue weighted by atomic mass is 9.99. The van der Waals surface area contributed by atoms with Gasteiger partial charge in [-0.15, -0.1) is 11.3 Å². The highest BCUT2D eigenvalue weighted by molar-refractivity contribution is 7.20. The summed E-state index contributed by atoms with van der Waals surface area (Å²) in [5.74, 6) is 1.65. The highest BCUT2D eigenvalue weighted by Gasteiger charge is 2.19. The third-order valence-corrected chi connectivity index (χ3v) is 7.09. The lowest BCUT2D eigenvalue weighted by Crippen LogP contribution is -2.35. The van der Waals surface area contributed by atoms with E-state index < -0.39 is 0 Å². The minimum Gasteiger partial charge on any atom is -0.497 e. The Labute approximate surface area is 181 Å². The van der Waals surface area contributed by atoms with Crippen molar-refractivity contribution in [1.29, 1.82) is 0 Å². The summed E-state index contributed by atoms with van der Waals surface area (Å²) in [6.45, 7) is 6.47. The van der Waals surface area contributed by atoms with E-state index in [4.69, 9.17) is 4.74 Å². The number of methoxy groups -OCH3 is 1. The molecule has 6 nitrogen and oxygen atoms in total. The van der Waals surface area contributed by atoms with Crippen molar-refractivity contribution in [2.45, 2.75) is 26.2 Å². The van der Waals surface area contributed by atoms with E-state index in [9.17, 15) is 4.79 Å². The Bertz CT molecular complexity index is 1020. The van der Waals surface area contributed by atoms with Gasteiger partial charge in [-0.2, -0.15) is 5.10 Å². The normalized spacial score (nSPS) is 15.6. The number of nitrogens with zero attached hydrogens (tertiary/aromatic N) is 3. The van der Waals surface area contributed by atoms with Gasteiger partial charge in [0.05, 0.1) is 12.0 Å². The molecule has 160 valence electrons. The average Bonchev–Trinajstić information content (AvgIpc) is 3.33. The number of ether oxygens (including phenoxy) is 1. The van der Waals surface area contributed by atoms with Crippen LogP contribution in [0.3, 0.4) is 0 Å². The molecule has 0 spiro atoms. The third kappa shape index (κ3) is 4.52. The second-order valence-electron chi connectivity index (χ2n) is 8.17. The van der Waals surface area contributed by atoms with Gasteiger partial charge in [0.25, 0.3) is 5.91 Å². The van der Waals surface area contributed by atoms with Gasteiger partial charge in [0.2, 0.25) is 0 Å². The summed E-state index contributed by atoms with van der Waals surface area (Å²) in [6, 6.07) is 9.82. The minimum absolute atomic E-state index is 0.0000543. The monoisotopic (exact) mass is 426 g/mol. The van der Waals surface area contributed by atoms with Crippen LogP contribution in [0.15, 0.2) is 30.3 Å². The van der Waals surface area contributed by atoms with Crippen LogP contribution >= 0.6 is 11.3 Å². The Morgan fingerprint density at radius 1 is 1.30 bits per heavy atom. The first kappa shape index (κ1) is 20.9. The molecule has 0 bridgehead atoms. The third-order valence-electron chi connectivity index (χ3n) is 5.89. The number of thiophene rings is 1. The van der Waals surface area contributed by atoms with Crippen LogP contribution in [0.1, 0.15) is 35.9 Å². The molecule has 4 rings (SSSR count). The van der Waals surface area contributed by atoms with Crippen molar-refractivity contribution in [2.75, 3.05) is 33.3 Å². The highest BCUT2D eigenvalue weighted by atomic mass is 32.1. The van der Waals surface area contributed by atoms with Crippen molar-refractivity contribution in [3.8, 4) is 17.0 Å². The fourth-order valence-electron chi connectivity index (χ4n) is 4.01. The second-order valence-corrected chi connectivity index (χ2v) is 9.20. The van der Waals surface area contributed by atoms with Crippen LogP contribution in [0.4, 0.5) is 0 Å². The number of aromatic nitrogens is 2. The van der Waals surface area contributed by atoms with Crippen LogP contribution in [0.25, 0.3) is 21.5 Å². The van der Waals surface area contributed by atoms with Gasteiger partial charge in [-0.3, -0.25) is 9.48 Å². The van der Waals surface area contributed by atoms with Gasteiger partial charge in [0.15, 0.2) is 0 Å². The molecule has 0 radical (unpaired) electrons. The van der Waals surface area contributed by atoms with Crippen LogP contribution in [-0.2, 0) is 7.05 Å². The van der Waals surface area contributed by atoms with Gasteiger partial charge in [0, 0.05) is 24.5 Å². The number of amides is 1. The van der Waals surface area contributed by atoms with Crippen LogP contribution in [0.5, 0.6) is 5.75 Å². The number of hydrogen-bond acceptors (Lipinski definition) is 5. The molecule has 1 aliphatic rings. The van der Waals surface area contributed by atoms with Gasteiger partial charge in [-0.05, 0) is 63.0 Å². The maximum absolute atomic E-state index is 12.7. The van der Waals surface area contributed by atoms with Gasteiger partial charge < -0.3 is 15.0 Å². The fraction of sp³-hybridized carbons (Fsp3) is 0.478. The molecule has 0 atom stereocenters. The summed E-state index contributed by atoms with van der Waals surface area (Å²) in [4.78, 5) is 16.9. The highest BCUT2D eigenvalue weighted by Crippen LogP contribution is 2.34. The average molecular weight is 427 g/mol. The van der Waals surface area contributed by atoms with Gasteiger partial charge in [-0.1, -0.05) is 19.1 Å². The predicted octanol–water partition coefficient (Wildman–Crippen LogP) is 4.16. The Morgan fingerprint density at radius 2 is 2.10 bits per heavy atom. The largest absolute Gasteiger partial charge is 0.497 e. The van der Waals surface area contributed by atoms with E-state index in [0.29, 0.717) is 6.54 Å². The molecule has 7 heteroatoms. The topological polar surface area (TPSA) is 59.4 Å². The quantitative estimate of drug-likeness (QED) is 0.576. The molecule has 1 aromatic carbocycles. The van der Waals surface area contributed by atoms with Crippen molar-refractivity contribution in [3.63, 3.8) is 0 Å². The van der Waals surface area contributed by atoms with Gasteiger partial charge in [-0.25, -0.2) is 0 Å². The van der Waals surface area contributed by atoms with E-state index in [1.807, 2.05) is 42.1 Å². The molecular formula is C23H30N4O2S. The van der Waals surface area contributed by atoms with Gasteiger partial charge >= 0.3 is 0 Å². The van der Waals surface area contributed by atoms with Crippen molar-refractivity contribution in [2.24, 2.45) is 13.0 Å². The summed E-state index contributed by atoms with van der Waals surface area (Å²) in [5.41, 5.74) is 1.86. The molecule has 1 amide bonds. The van der Waals surface area contributed by atoms with E-state index in [1.54, 1.807) is 7.11 Å². The minimum atomic E-state index is 0.0000543. The molecule has 1 saturated heterocycles. The number of benzene rings is 1. The summed E-state index contributed by atoms with van der Waals surface area (Å²) in [6.07, 6.45) is 3.57. The van der Waals surface area contributed by atoms with Gasteiger partial charge in [0.1, 0.15) is 16.3 Å². The molecule has 2 aromatic heterocycles. The van der Waals surface area contributed by atoms with Crippen molar-refractivity contribution < 1.29 is 9.53 Å². The lowest BCUT2D eigenvalue weighted by molar-refractivity contribution is 0.0954. The van der Waals surface area contributed by atoms with Crippen LogP contribution in [-0.4, -0.2) is 53.9 Å².